The number of fused-ring (bicyclic) bond motifs is 3. The molecule has 2 unspecified atom stereocenters. The van der Waals surface area contributed by atoms with Gasteiger partial charge >= 0.3 is 0 Å². The van der Waals surface area contributed by atoms with Gasteiger partial charge in [-0.05, 0) is 50.3 Å². The molecular formula is C17H22N4O. The summed E-state index contributed by atoms with van der Waals surface area (Å²) >= 11 is 0. The maximum absolute atomic E-state index is 13.0. The minimum atomic E-state index is 0.101. The lowest BCUT2D eigenvalue weighted by Crippen LogP contribution is -2.48. The maximum Gasteiger partial charge on any atom is 0.256 e. The molecule has 116 valence electrons. The Bertz CT molecular complexity index is 711. The highest BCUT2D eigenvalue weighted by Crippen LogP contribution is 2.30. The first kappa shape index (κ1) is 13.8. The van der Waals surface area contributed by atoms with Gasteiger partial charge in [-0.2, -0.15) is 5.10 Å². The van der Waals surface area contributed by atoms with Gasteiger partial charge < -0.3 is 10.2 Å². The van der Waals surface area contributed by atoms with E-state index < -0.39 is 0 Å². The minimum absolute atomic E-state index is 0.101. The Hall–Kier alpha value is -1.88. The van der Waals surface area contributed by atoms with Crippen LogP contribution in [0.2, 0.25) is 0 Å². The van der Waals surface area contributed by atoms with E-state index in [-0.39, 0.29) is 5.91 Å². The number of carbonyl (C=O) groups is 1. The van der Waals surface area contributed by atoms with Crippen molar-refractivity contribution in [3.05, 3.63) is 29.5 Å². The van der Waals surface area contributed by atoms with Crippen molar-refractivity contribution in [2.24, 2.45) is 0 Å². The molecule has 5 nitrogen and oxygen atoms in total. The van der Waals surface area contributed by atoms with Crippen LogP contribution in [-0.2, 0) is 0 Å². The fourth-order valence-corrected chi connectivity index (χ4v) is 4.08. The number of aromatic amines is 1. The van der Waals surface area contributed by atoms with Crippen LogP contribution in [0, 0.1) is 6.92 Å². The summed E-state index contributed by atoms with van der Waals surface area (Å²) in [6.45, 7) is 2.02. The maximum atomic E-state index is 13.0. The monoisotopic (exact) mass is 298 g/mol. The number of aromatic nitrogens is 2. The number of benzene rings is 1. The van der Waals surface area contributed by atoms with Gasteiger partial charge in [0, 0.05) is 30.6 Å². The third-order valence-corrected chi connectivity index (χ3v) is 5.24. The molecule has 5 heteroatoms. The predicted molar refractivity (Wildman–Crippen MR) is 85.9 cm³/mol. The number of piperidine rings is 1. The third-order valence-electron chi connectivity index (χ3n) is 5.24. The number of H-pyrrole nitrogens is 1. The van der Waals surface area contributed by atoms with E-state index in [9.17, 15) is 4.79 Å². The summed E-state index contributed by atoms with van der Waals surface area (Å²) in [6, 6.07) is 5.53. The second-order valence-corrected chi connectivity index (χ2v) is 6.83. The molecule has 1 aromatic carbocycles. The molecule has 22 heavy (non-hydrogen) atoms. The zero-order chi connectivity index (χ0) is 15.3. The van der Waals surface area contributed by atoms with E-state index in [1.165, 1.54) is 12.8 Å². The van der Waals surface area contributed by atoms with Gasteiger partial charge in [0.15, 0.2) is 0 Å². The lowest BCUT2D eigenvalue weighted by Gasteiger charge is -2.35. The Morgan fingerprint density at radius 2 is 2.00 bits per heavy atom. The predicted octanol–water partition coefficient (Wildman–Crippen LogP) is 2.23. The van der Waals surface area contributed by atoms with E-state index >= 15 is 0 Å². The van der Waals surface area contributed by atoms with Crippen molar-refractivity contribution in [2.75, 3.05) is 7.05 Å². The summed E-state index contributed by atoms with van der Waals surface area (Å²) in [4.78, 5) is 14.9. The van der Waals surface area contributed by atoms with Crippen LogP contribution in [0.1, 0.15) is 41.6 Å². The van der Waals surface area contributed by atoms with Crippen molar-refractivity contribution in [3.63, 3.8) is 0 Å². The third kappa shape index (κ3) is 2.20. The number of carbonyl (C=O) groups excluding carboxylic acids is 1. The lowest BCUT2D eigenvalue weighted by molar-refractivity contribution is 0.0683. The highest BCUT2D eigenvalue weighted by Gasteiger charge is 2.36. The van der Waals surface area contributed by atoms with Crippen molar-refractivity contribution in [1.29, 1.82) is 0 Å². The summed E-state index contributed by atoms with van der Waals surface area (Å²) in [6.07, 6.45) is 6.41. The zero-order valence-corrected chi connectivity index (χ0v) is 13.1. The molecule has 3 heterocycles. The molecule has 0 radical (unpaired) electrons. The second kappa shape index (κ2) is 5.09. The number of aryl methyl sites for hydroxylation is 1. The minimum Gasteiger partial charge on any atom is -0.339 e. The van der Waals surface area contributed by atoms with Gasteiger partial charge in [0.25, 0.3) is 5.91 Å². The fourth-order valence-electron chi connectivity index (χ4n) is 4.08. The van der Waals surface area contributed by atoms with E-state index in [0.29, 0.717) is 18.1 Å². The molecule has 2 aromatic rings. The summed E-state index contributed by atoms with van der Waals surface area (Å²) in [7, 11) is 1.95. The van der Waals surface area contributed by atoms with Crippen LogP contribution < -0.4 is 5.32 Å². The molecule has 2 aliphatic rings. The molecule has 4 rings (SSSR count). The van der Waals surface area contributed by atoms with Gasteiger partial charge in [-0.25, -0.2) is 0 Å². The molecule has 0 aliphatic carbocycles. The smallest absolute Gasteiger partial charge is 0.256 e. The first-order chi connectivity index (χ1) is 10.6. The molecule has 2 N–H and O–H groups in total. The van der Waals surface area contributed by atoms with E-state index in [1.54, 1.807) is 6.20 Å². The molecular weight excluding hydrogens is 276 g/mol. The quantitative estimate of drug-likeness (QED) is 0.894. The molecule has 0 saturated carbocycles. The molecule has 2 aliphatic heterocycles. The number of nitrogens with one attached hydrogen (secondary N) is 2. The van der Waals surface area contributed by atoms with Crippen LogP contribution in [0.4, 0.5) is 0 Å². The van der Waals surface area contributed by atoms with Gasteiger partial charge in [-0.15, -0.1) is 0 Å². The van der Waals surface area contributed by atoms with Crippen molar-refractivity contribution in [1.82, 2.24) is 20.4 Å². The summed E-state index contributed by atoms with van der Waals surface area (Å²) in [5, 5.41) is 11.7. The summed E-state index contributed by atoms with van der Waals surface area (Å²) < 4.78 is 0. The molecule has 2 fully saturated rings. The molecule has 2 bridgehead atoms. The van der Waals surface area contributed by atoms with Crippen LogP contribution in [0.25, 0.3) is 10.9 Å². The number of amides is 1. The molecule has 2 atom stereocenters. The topological polar surface area (TPSA) is 61.0 Å². The van der Waals surface area contributed by atoms with Crippen molar-refractivity contribution >= 4 is 16.8 Å². The van der Waals surface area contributed by atoms with Gasteiger partial charge in [0.1, 0.15) is 0 Å². The molecule has 0 spiro atoms. The van der Waals surface area contributed by atoms with Crippen LogP contribution in [-0.4, -0.2) is 46.2 Å². The van der Waals surface area contributed by atoms with E-state index in [4.69, 9.17) is 0 Å². The number of rotatable bonds is 2. The van der Waals surface area contributed by atoms with Gasteiger partial charge in [0.05, 0.1) is 17.3 Å². The fraction of sp³-hybridized carbons (Fsp3) is 0.529. The van der Waals surface area contributed by atoms with Gasteiger partial charge in [0.2, 0.25) is 0 Å². The number of hydrogen-bond donors (Lipinski definition) is 2. The first-order valence-corrected chi connectivity index (χ1v) is 8.09. The highest BCUT2D eigenvalue weighted by molar-refractivity contribution is 6.05. The van der Waals surface area contributed by atoms with Crippen LogP contribution >= 0.6 is 0 Å². The van der Waals surface area contributed by atoms with Crippen LogP contribution in [0.3, 0.4) is 0 Å². The summed E-state index contributed by atoms with van der Waals surface area (Å²) in [5.74, 6) is 0.101. The Kier molecular flexibility index (Phi) is 3.18. The van der Waals surface area contributed by atoms with Crippen LogP contribution in [0.15, 0.2) is 18.3 Å². The average Bonchev–Trinajstić information content (AvgIpc) is 3.10. The Morgan fingerprint density at radius 3 is 2.73 bits per heavy atom. The van der Waals surface area contributed by atoms with E-state index in [2.05, 4.69) is 21.6 Å². The Balaban J connectivity index is 1.63. The van der Waals surface area contributed by atoms with E-state index in [0.717, 1.165) is 34.9 Å². The number of hydrogen-bond acceptors (Lipinski definition) is 3. The standard InChI is InChI=1S/C17H22N4O/c1-10-5-11-9-18-20-16(11)15(6-10)17(22)21(2)14-7-12-3-4-13(8-14)19-12/h5-6,9,12-14,19H,3-4,7-8H2,1-2H3,(H,18,20). The van der Waals surface area contributed by atoms with Crippen molar-refractivity contribution in [2.45, 2.75) is 50.7 Å². The average molecular weight is 298 g/mol. The Labute approximate surface area is 130 Å². The van der Waals surface area contributed by atoms with Gasteiger partial charge in [-0.3, -0.25) is 9.89 Å². The van der Waals surface area contributed by atoms with Crippen LogP contribution in [0.5, 0.6) is 0 Å². The van der Waals surface area contributed by atoms with Crippen molar-refractivity contribution in [3.8, 4) is 0 Å². The zero-order valence-electron chi connectivity index (χ0n) is 13.1. The molecule has 1 aromatic heterocycles. The highest BCUT2D eigenvalue weighted by atomic mass is 16.2. The largest absolute Gasteiger partial charge is 0.339 e. The van der Waals surface area contributed by atoms with Gasteiger partial charge in [-0.1, -0.05) is 0 Å². The first-order valence-electron chi connectivity index (χ1n) is 8.09. The number of nitrogens with zero attached hydrogens (tertiary/aromatic N) is 2. The SMILES string of the molecule is Cc1cc(C(=O)N(C)C2CC3CCC(C2)N3)c2[nH]ncc2c1. The second-order valence-electron chi connectivity index (χ2n) is 6.83. The van der Waals surface area contributed by atoms with E-state index in [1.807, 2.05) is 24.9 Å². The lowest BCUT2D eigenvalue weighted by atomic mass is 9.97. The summed E-state index contributed by atoms with van der Waals surface area (Å²) in [5.41, 5.74) is 2.68. The molecule has 2 saturated heterocycles. The van der Waals surface area contributed by atoms with Crippen molar-refractivity contribution < 1.29 is 4.79 Å². The molecule has 1 amide bonds. The normalized spacial score (nSPS) is 27.3. The Morgan fingerprint density at radius 1 is 1.27 bits per heavy atom.